The first kappa shape index (κ1) is 27.7. The minimum Gasteiger partial charge on any atom is -0.494 e. The molecule has 0 atom stereocenters. The maximum Gasteiger partial charge on any atom is 0.337 e. The van der Waals surface area contributed by atoms with Gasteiger partial charge in [-0.25, -0.2) is 9.79 Å². The summed E-state index contributed by atoms with van der Waals surface area (Å²) in [7, 11) is 3.48. The lowest BCUT2D eigenvalue weighted by atomic mass is 9.93. The lowest BCUT2D eigenvalue weighted by Gasteiger charge is -2.29. The van der Waals surface area contributed by atoms with Gasteiger partial charge < -0.3 is 24.6 Å². The van der Waals surface area contributed by atoms with Gasteiger partial charge in [-0.15, -0.1) is 0 Å². The fourth-order valence-electron chi connectivity index (χ4n) is 6.11. The van der Waals surface area contributed by atoms with Crippen LogP contribution >= 0.6 is 0 Å². The Morgan fingerprint density at radius 2 is 1.74 bits per heavy atom. The van der Waals surface area contributed by atoms with Gasteiger partial charge in [0.2, 0.25) is 5.91 Å². The average Bonchev–Trinajstić information content (AvgIpc) is 3.56. The van der Waals surface area contributed by atoms with E-state index in [0.717, 1.165) is 65.8 Å². The first-order valence-electron chi connectivity index (χ1n) is 14.5. The molecule has 0 aliphatic carbocycles. The highest BCUT2D eigenvalue weighted by Gasteiger charge is 2.28. The smallest absolute Gasteiger partial charge is 0.337 e. The molecular weight excluding hydrogens is 528 g/mol. The quantitative estimate of drug-likeness (QED) is 0.229. The Bertz CT molecular complexity index is 1680. The number of aromatic nitrogens is 1. The molecule has 0 unspecified atom stereocenters. The highest BCUT2D eigenvalue weighted by Crippen LogP contribution is 2.36. The van der Waals surface area contributed by atoms with Gasteiger partial charge in [0.05, 0.1) is 29.6 Å². The zero-order valence-electron chi connectivity index (χ0n) is 24.3. The number of benzene rings is 3. The minimum atomic E-state index is -0.447. The predicted molar refractivity (Wildman–Crippen MR) is 165 cm³/mol. The number of esters is 1. The first-order valence-corrected chi connectivity index (χ1v) is 14.5. The summed E-state index contributed by atoms with van der Waals surface area (Å²) in [6.07, 6.45) is 3.53. The number of piperidine rings is 1. The Hall–Kier alpha value is -4.43. The molecule has 3 heterocycles. The molecule has 0 spiro atoms. The van der Waals surface area contributed by atoms with Crippen LogP contribution in [-0.2, 0) is 16.0 Å². The van der Waals surface area contributed by atoms with Crippen LogP contribution < -0.4 is 4.90 Å². The lowest BCUT2D eigenvalue weighted by Crippen LogP contribution is -2.35. The number of hydrogen-bond acceptors (Lipinski definition) is 6. The van der Waals surface area contributed by atoms with Crippen LogP contribution in [0, 0.1) is 12.8 Å². The van der Waals surface area contributed by atoms with Crippen molar-refractivity contribution < 1.29 is 19.4 Å². The molecule has 0 radical (unpaired) electrons. The molecule has 42 heavy (non-hydrogen) atoms. The number of rotatable bonds is 6. The van der Waals surface area contributed by atoms with Gasteiger partial charge in [-0.05, 0) is 88.1 Å². The number of aromatic hydroxyl groups is 1. The van der Waals surface area contributed by atoms with Crippen LogP contribution in [0.4, 0.5) is 11.4 Å². The van der Waals surface area contributed by atoms with Crippen LogP contribution in [0.15, 0.2) is 65.7 Å². The van der Waals surface area contributed by atoms with Crippen molar-refractivity contribution in [2.75, 3.05) is 38.7 Å². The number of carbonyl (C=O) groups is 2. The van der Waals surface area contributed by atoms with Crippen molar-refractivity contribution in [3.05, 3.63) is 88.5 Å². The molecule has 8 nitrogen and oxygen atoms in total. The van der Waals surface area contributed by atoms with Gasteiger partial charge in [0.25, 0.3) is 0 Å². The fourth-order valence-corrected chi connectivity index (χ4v) is 6.11. The highest BCUT2D eigenvalue weighted by molar-refractivity contribution is 6.22. The second kappa shape index (κ2) is 11.4. The number of aromatic amines is 1. The Morgan fingerprint density at radius 3 is 2.48 bits per heavy atom. The van der Waals surface area contributed by atoms with Crippen molar-refractivity contribution in [1.29, 1.82) is 0 Å². The van der Waals surface area contributed by atoms with Crippen molar-refractivity contribution in [2.24, 2.45) is 10.9 Å². The van der Waals surface area contributed by atoms with Crippen LogP contribution in [0.2, 0.25) is 0 Å². The third kappa shape index (κ3) is 5.42. The Kier molecular flexibility index (Phi) is 7.56. The zero-order chi connectivity index (χ0) is 29.4. The van der Waals surface area contributed by atoms with E-state index in [1.54, 1.807) is 18.2 Å². The Morgan fingerprint density at radius 1 is 1.00 bits per heavy atom. The van der Waals surface area contributed by atoms with E-state index in [9.17, 15) is 14.7 Å². The summed E-state index contributed by atoms with van der Waals surface area (Å²) in [6.45, 7) is 4.82. The monoisotopic (exact) mass is 564 g/mol. The van der Waals surface area contributed by atoms with Gasteiger partial charge in [-0.3, -0.25) is 4.79 Å². The molecule has 0 saturated carbocycles. The molecule has 2 aliphatic heterocycles. The first-order chi connectivity index (χ1) is 20.3. The second-order valence-electron chi connectivity index (χ2n) is 11.5. The van der Waals surface area contributed by atoms with E-state index in [4.69, 9.17) is 9.73 Å². The maximum atomic E-state index is 13.3. The number of carbonyl (C=O) groups excluding carboxylic acids is 2. The van der Waals surface area contributed by atoms with Crippen molar-refractivity contribution in [2.45, 2.75) is 32.6 Å². The van der Waals surface area contributed by atoms with E-state index in [0.29, 0.717) is 41.2 Å². The molecule has 3 aromatic carbocycles. The van der Waals surface area contributed by atoms with Gasteiger partial charge in [0.15, 0.2) is 5.88 Å². The van der Waals surface area contributed by atoms with Gasteiger partial charge in [0.1, 0.15) is 0 Å². The standard InChI is InChI=1S/C34H36N4O4/c1-21-4-6-23(7-5-21)32(31-27-10-8-25(34(41)42-3)20-28(27)36-33(31)40)35-26-9-11-29-24(19-26)14-17-38(29)30(39)18-22-12-15-37(2)16-13-22/h4-11,19-20,22,36,40H,12-18H2,1-3H3. The molecule has 4 aromatic rings. The van der Waals surface area contributed by atoms with Crippen molar-refractivity contribution in [3.8, 4) is 5.88 Å². The van der Waals surface area contributed by atoms with E-state index in [1.807, 2.05) is 54.3 Å². The maximum absolute atomic E-state index is 13.3. The Balaban J connectivity index is 1.35. The predicted octanol–water partition coefficient (Wildman–Crippen LogP) is 5.76. The summed E-state index contributed by atoms with van der Waals surface area (Å²) in [4.78, 5) is 37.7. The molecule has 6 rings (SSSR count). The summed E-state index contributed by atoms with van der Waals surface area (Å²) in [5, 5.41) is 11.8. The topological polar surface area (TPSA) is 98.2 Å². The number of amides is 1. The number of likely N-dealkylation sites (tertiary alicyclic amines) is 1. The van der Waals surface area contributed by atoms with Crippen molar-refractivity contribution in [1.82, 2.24) is 9.88 Å². The Labute approximate surface area is 245 Å². The number of aryl methyl sites for hydroxylation is 1. The molecule has 1 amide bonds. The molecule has 2 aliphatic rings. The fraction of sp³-hybridized carbons (Fsp3) is 0.324. The third-order valence-corrected chi connectivity index (χ3v) is 8.56. The van der Waals surface area contributed by atoms with Crippen LogP contribution in [0.25, 0.3) is 10.9 Å². The highest BCUT2D eigenvalue weighted by atomic mass is 16.5. The van der Waals surface area contributed by atoms with E-state index >= 15 is 0 Å². The molecule has 2 N–H and O–H groups in total. The molecule has 1 fully saturated rings. The number of fused-ring (bicyclic) bond motifs is 2. The summed E-state index contributed by atoms with van der Waals surface area (Å²) in [5.41, 5.74) is 6.94. The molecule has 0 bridgehead atoms. The molecule has 8 heteroatoms. The number of nitrogens with one attached hydrogen (secondary N) is 1. The lowest BCUT2D eigenvalue weighted by molar-refractivity contribution is -0.119. The van der Waals surface area contributed by atoms with Gasteiger partial charge in [-0.1, -0.05) is 35.9 Å². The van der Waals surface area contributed by atoms with Crippen molar-refractivity contribution in [3.63, 3.8) is 0 Å². The molecule has 1 aromatic heterocycles. The number of aliphatic imine (C=N–C) groups is 1. The summed E-state index contributed by atoms with van der Waals surface area (Å²) >= 11 is 0. The molecule has 216 valence electrons. The van der Waals surface area contributed by atoms with Gasteiger partial charge in [0, 0.05) is 35.1 Å². The number of methoxy groups -OCH3 is 1. The zero-order valence-corrected chi connectivity index (χ0v) is 24.3. The summed E-state index contributed by atoms with van der Waals surface area (Å²) in [6, 6.07) is 19.2. The van der Waals surface area contributed by atoms with E-state index < -0.39 is 5.97 Å². The van der Waals surface area contributed by atoms with Crippen LogP contribution in [0.5, 0.6) is 5.88 Å². The van der Waals surface area contributed by atoms with E-state index in [2.05, 4.69) is 16.9 Å². The number of hydrogen-bond donors (Lipinski definition) is 2. The minimum absolute atomic E-state index is 0.0295. The second-order valence-corrected chi connectivity index (χ2v) is 11.5. The largest absolute Gasteiger partial charge is 0.494 e. The summed E-state index contributed by atoms with van der Waals surface area (Å²) in [5.74, 6) is 0.177. The number of anilines is 1. The van der Waals surface area contributed by atoms with Crippen LogP contribution in [0.3, 0.4) is 0 Å². The van der Waals surface area contributed by atoms with Crippen LogP contribution in [0.1, 0.15) is 51.9 Å². The van der Waals surface area contributed by atoms with Crippen LogP contribution in [-0.4, -0.2) is 66.4 Å². The number of H-pyrrole nitrogens is 1. The number of nitrogens with zero attached hydrogens (tertiary/aromatic N) is 3. The average molecular weight is 565 g/mol. The molecular formula is C34H36N4O4. The van der Waals surface area contributed by atoms with E-state index in [-0.39, 0.29) is 11.8 Å². The van der Waals surface area contributed by atoms with Crippen molar-refractivity contribution >= 4 is 39.9 Å². The third-order valence-electron chi connectivity index (χ3n) is 8.56. The van der Waals surface area contributed by atoms with E-state index in [1.165, 1.54) is 7.11 Å². The summed E-state index contributed by atoms with van der Waals surface area (Å²) < 4.78 is 4.86. The van der Waals surface area contributed by atoms with Gasteiger partial charge >= 0.3 is 5.97 Å². The number of ether oxygens (including phenoxy) is 1. The van der Waals surface area contributed by atoms with Gasteiger partial charge in [-0.2, -0.15) is 0 Å². The molecule has 1 saturated heterocycles. The SMILES string of the molecule is COC(=O)c1ccc2c(C(=Nc3ccc4c(c3)CCN4C(=O)CC3CCN(C)CC3)c3ccc(C)cc3)c(O)[nH]c2c1. The normalized spacial score (nSPS) is 16.2.